The number of carbonyl (C=O) groups is 2. The maximum Gasteiger partial charge on any atom is 0.251 e. The first kappa shape index (κ1) is 13.0. The molecule has 1 amide bonds. The Hall–Kier alpha value is -2.42. The molecule has 0 heterocycles. The van der Waals surface area contributed by atoms with Gasteiger partial charge in [-0.1, -0.05) is 48.5 Å². The van der Waals surface area contributed by atoms with E-state index in [2.05, 4.69) is 5.32 Å². The Morgan fingerprint density at radius 1 is 1.00 bits per heavy atom. The molecule has 3 nitrogen and oxygen atoms in total. The van der Waals surface area contributed by atoms with Crippen LogP contribution in [0.3, 0.4) is 0 Å². The lowest BCUT2D eigenvalue weighted by Gasteiger charge is -2.12. The first-order valence-corrected chi connectivity index (χ1v) is 6.15. The third-order valence-corrected chi connectivity index (χ3v) is 2.82. The molecule has 2 aromatic carbocycles. The normalized spacial score (nSPS) is 11.6. The molecule has 19 heavy (non-hydrogen) atoms. The van der Waals surface area contributed by atoms with Crippen LogP contribution in [0.15, 0.2) is 60.7 Å². The number of rotatable bonds is 5. The van der Waals surface area contributed by atoms with Crippen LogP contribution in [0.5, 0.6) is 0 Å². The molecule has 0 bridgehead atoms. The van der Waals surface area contributed by atoms with E-state index in [-0.39, 0.29) is 5.91 Å². The topological polar surface area (TPSA) is 46.2 Å². The Kier molecular flexibility index (Phi) is 4.45. The number of carbonyl (C=O) groups excluding carboxylic acids is 2. The molecule has 0 saturated heterocycles. The summed E-state index contributed by atoms with van der Waals surface area (Å²) in [6, 6.07) is 18.0. The SMILES string of the molecule is O=C[C@@H](Cc1ccccc1)NC(=O)c1ccccc1. The first-order chi connectivity index (χ1) is 9.29. The van der Waals surface area contributed by atoms with Gasteiger partial charge in [0.25, 0.3) is 5.91 Å². The predicted molar refractivity (Wildman–Crippen MR) is 73.9 cm³/mol. The molecule has 2 aromatic rings. The standard InChI is InChI=1S/C16H15NO2/c18-12-15(11-13-7-3-1-4-8-13)17-16(19)14-9-5-2-6-10-14/h1-10,12,15H,11H2,(H,17,19)/t15-/m1/s1. The Bertz CT molecular complexity index is 537. The summed E-state index contributed by atoms with van der Waals surface area (Å²) in [5.74, 6) is -0.228. The van der Waals surface area contributed by atoms with E-state index in [0.29, 0.717) is 12.0 Å². The third kappa shape index (κ3) is 3.78. The highest BCUT2D eigenvalue weighted by Crippen LogP contribution is 2.04. The van der Waals surface area contributed by atoms with E-state index in [4.69, 9.17) is 0 Å². The van der Waals surface area contributed by atoms with E-state index >= 15 is 0 Å². The quantitative estimate of drug-likeness (QED) is 0.830. The van der Waals surface area contributed by atoms with Gasteiger partial charge in [0.2, 0.25) is 0 Å². The molecule has 0 aromatic heterocycles. The largest absolute Gasteiger partial charge is 0.342 e. The fourth-order valence-corrected chi connectivity index (χ4v) is 1.84. The van der Waals surface area contributed by atoms with E-state index in [0.717, 1.165) is 11.8 Å². The van der Waals surface area contributed by atoms with Crippen molar-refractivity contribution in [3.05, 3.63) is 71.8 Å². The van der Waals surface area contributed by atoms with Crippen molar-refractivity contribution >= 4 is 12.2 Å². The van der Waals surface area contributed by atoms with E-state index in [1.807, 2.05) is 36.4 Å². The fraction of sp³-hybridized carbons (Fsp3) is 0.125. The first-order valence-electron chi connectivity index (χ1n) is 6.15. The summed E-state index contributed by atoms with van der Waals surface area (Å²) in [6.07, 6.45) is 1.27. The van der Waals surface area contributed by atoms with Crippen molar-refractivity contribution in [2.75, 3.05) is 0 Å². The molecule has 2 rings (SSSR count). The lowest BCUT2D eigenvalue weighted by Crippen LogP contribution is -2.37. The van der Waals surface area contributed by atoms with Crippen LogP contribution in [0.25, 0.3) is 0 Å². The van der Waals surface area contributed by atoms with Gasteiger partial charge < -0.3 is 10.1 Å². The Labute approximate surface area is 112 Å². The zero-order chi connectivity index (χ0) is 13.5. The minimum atomic E-state index is -0.505. The van der Waals surface area contributed by atoms with Gasteiger partial charge in [-0.05, 0) is 24.1 Å². The van der Waals surface area contributed by atoms with Crippen molar-refractivity contribution in [2.45, 2.75) is 12.5 Å². The van der Waals surface area contributed by atoms with Gasteiger partial charge in [-0.2, -0.15) is 0 Å². The molecule has 0 saturated carbocycles. The van der Waals surface area contributed by atoms with E-state index in [1.54, 1.807) is 24.3 Å². The van der Waals surface area contributed by atoms with Crippen LogP contribution in [0.4, 0.5) is 0 Å². The van der Waals surface area contributed by atoms with Gasteiger partial charge in [-0.15, -0.1) is 0 Å². The van der Waals surface area contributed by atoms with Gasteiger partial charge in [-0.3, -0.25) is 4.79 Å². The van der Waals surface area contributed by atoms with Crippen molar-refractivity contribution in [3.63, 3.8) is 0 Å². The highest BCUT2D eigenvalue weighted by atomic mass is 16.2. The molecule has 1 N–H and O–H groups in total. The average molecular weight is 253 g/mol. The second kappa shape index (κ2) is 6.50. The molecule has 0 radical (unpaired) electrons. The molecule has 3 heteroatoms. The van der Waals surface area contributed by atoms with Crippen LogP contribution in [-0.2, 0) is 11.2 Å². The Morgan fingerprint density at radius 3 is 2.16 bits per heavy atom. The van der Waals surface area contributed by atoms with E-state index in [1.165, 1.54) is 0 Å². The van der Waals surface area contributed by atoms with Crippen molar-refractivity contribution in [3.8, 4) is 0 Å². The molecule has 0 spiro atoms. The molecule has 0 aliphatic rings. The van der Waals surface area contributed by atoms with Crippen molar-refractivity contribution in [2.24, 2.45) is 0 Å². The summed E-state index contributed by atoms with van der Waals surface area (Å²) in [6.45, 7) is 0. The number of hydrogen-bond donors (Lipinski definition) is 1. The van der Waals surface area contributed by atoms with Gasteiger partial charge in [0.1, 0.15) is 6.29 Å². The number of aldehydes is 1. The molecule has 0 aliphatic carbocycles. The summed E-state index contributed by atoms with van der Waals surface area (Å²) in [5, 5.41) is 2.72. The van der Waals surface area contributed by atoms with Gasteiger partial charge in [0, 0.05) is 5.56 Å². The van der Waals surface area contributed by atoms with E-state index in [9.17, 15) is 9.59 Å². The minimum absolute atomic E-state index is 0.228. The summed E-state index contributed by atoms with van der Waals surface area (Å²) in [4.78, 5) is 23.0. The zero-order valence-corrected chi connectivity index (χ0v) is 10.5. The summed E-state index contributed by atoms with van der Waals surface area (Å²) in [7, 11) is 0. The lowest BCUT2D eigenvalue weighted by atomic mass is 10.1. The molecule has 0 aliphatic heterocycles. The number of benzene rings is 2. The van der Waals surface area contributed by atoms with Crippen LogP contribution in [0, 0.1) is 0 Å². The summed E-state index contributed by atoms with van der Waals surface area (Å²) in [5.41, 5.74) is 1.58. The average Bonchev–Trinajstić information content (AvgIpc) is 2.48. The summed E-state index contributed by atoms with van der Waals surface area (Å²) >= 11 is 0. The van der Waals surface area contributed by atoms with Crippen molar-refractivity contribution in [1.29, 1.82) is 0 Å². The molecule has 0 unspecified atom stereocenters. The molecular formula is C16H15NO2. The number of amides is 1. The van der Waals surface area contributed by atoms with Gasteiger partial charge in [0.15, 0.2) is 0 Å². The number of nitrogens with one attached hydrogen (secondary N) is 1. The maximum absolute atomic E-state index is 11.9. The Morgan fingerprint density at radius 2 is 1.58 bits per heavy atom. The highest BCUT2D eigenvalue weighted by molar-refractivity contribution is 5.95. The second-order valence-electron chi connectivity index (χ2n) is 4.27. The van der Waals surface area contributed by atoms with Crippen LogP contribution >= 0.6 is 0 Å². The lowest BCUT2D eigenvalue weighted by molar-refractivity contribution is -0.109. The van der Waals surface area contributed by atoms with Crippen LogP contribution in [0.2, 0.25) is 0 Å². The zero-order valence-electron chi connectivity index (χ0n) is 10.5. The molecule has 1 atom stereocenters. The van der Waals surface area contributed by atoms with Gasteiger partial charge >= 0.3 is 0 Å². The summed E-state index contributed by atoms with van der Waals surface area (Å²) < 4.78 is 0. The fourth-order valence-electron chi connectivity index (χ4n) is 1.84. The predicted octanol–water partition coefficient (Wildman–Crippen LogP) is 2.23. The van der Waals surface area contributed by atoms with Gasteiger partial charge in [0.05, 0.1) is 6.04 Å². The Balaban J connectivity index is 2.00. The monoisotopic (exact) mass is 253 g/mol. The van der Waals surface area contributed by atoms with Crippen molar-refractivity contribution in [1.82, 2.24) is 5.32 Å². The maximum atomic E-state index is 11.9. The number of hydrogen-bond acceptors (Lipinski definition) is 2. The molecule has 0 fully saturated rings. The second-order valence-corrected chi connectivity index (χ2v) is 4.27. The third-order valence-electron chi connectivity index (χ3n) is 2.82. The van der Waals surface area contributed by atoms with E-state index < -0.39 is 6.04 Å². The highest BCUT2D eigenvalue weighted by Gasteiger charge is 2.13. The van der Waals surface area contributed by atoms with Crippen LogP contribution in [0.1, 0.15) is 15.9 Å². The smallest absolute Gasteiger partial charge is 0.251 e. The van der Waals surface area contributed by atoms with Crippen molar-refractivity contribution < 1.29 is 9.59 Å². The van der Waals surface area contributed by atoms with Crippen LogP contribution in [-0.4, -0.2) is 18.2 Å². The molecular weight excluding hydrogens is 238 g/mol. The van der Waals surface area contributed by atoms with Crippen LogP contribution < -0.4 is 5.32 Å². The minimum Gasteiger partial charge on any atom is -0.342 e. The molecule has 96 valence electrons. The van der Waals surface area contributed by atoms with Gasteiger partial charge in [-0.25, -0.2) is 0 Å².